The Morgan fingerprint density at radius 1 is 1.06 bits per heavy atom. The first-order valence-electron chi connectivity index (χ1n) is 5.82. The maximum absolute atomic E-state index is 6.45. The van der Waals surface area contributed by atoms with Gasteiger partial charge in [-0.2, -0.15) is 0 Å². The Kier molecular flexibility index (Phi) is 2.66. The van der Waals surface area contributed by atoms with Crippen molar-refractivity contribution in [1.29, 1.82) is 0 Å². The number of alkyl halides is 4. The Bertz CT molecular complexity index is 519. The summed E-state index contributed by atoms with van der Waals surface area (Å²) in [5, 5.41) is 0.201. The van der Waals surface area contributed by atoms with Gasteiger partial charge in [0.2, 0.25) is 0 Å². The lowest BCUT2D eigenvalue weighted by atomic mass is 9.85. The minimum absolute atomic E-state index is 0.0752. The largest absolute Gasteiger partial charge is 0.129 e. The van der Waals surface area contributed by atoms with Crippen molar-refractivity contribution in [2.75, 3.05) is 0 Å². The van der Waals surface area contributed by atoms with Gasteiger partial charge in [0.1, 0.15) is 4.33 Å². The molecular weight excluding hydrogens is 357 g/mol. The third-order valence-corrected chi connectivity index (χ3v) is 7.77. The lowest BCUT2D eigenvalue weighted by molar-refractivity contribution is 0.582. The zero-order chi connectivity index (χ0) is 13.0. The minimum atomic E-state index is -0.705. The van der Waals surface area contributed by atoms with E-state index in [-0.39, 0.29) is 11.3 Å². The van der Waals surface area contributed by atoms with Crippen LogP contribution in [0.2, 0.25) is 0 Å². The monoisotopic (exact) mass is 362 g/mol. The van der Waals surface area contributed by atoms with Crippen molar-refractivity contribution in [3.63, 3.8) is 0 Å². The van der Waals surface area contributed by atoms with E-state index in [1.165, 1.54) is 0 Å². The summed E-state index contributed by atoms with van der Waals surface area (Å²) >= 11 is 38.0. The molecule has 0 N–H and O–H groups in total. The van der Waals surface area contributed by atoms with Gasteiger partial charge in [-0.1, -0.05) is 23.2 Å². The van der Waals surface area contributed by atoms with Gasteiger partial charge < -0.3 is 0 Å². The van der Waals surface area contributed by atoms with Gasteiger partial charge in [0.15, 0.2) is 0 Å². The molecule has 6 heteroatoms. The lowest BCUT2D eigenvalue weighted by Gasteiger charge is -2.31. The zero-order valence-electron chi connectivity index (χ0n) is 8.94. The van der Waals surface area contributed by atoms with Crippen LogP contribution >= 0.6 is 69.6 Å². The highest BCUT2D eigenvalue weighted by Gasteiger charge is 2.76. The summed E-state index contributed by atoms with van der Waals surface area (Å²) in [4.78, 5) is 0. The maximum Gasteiger partial charge on any atom is 0.129 e. The van der Waals surface area contributed by atoms with Crippen LogP contribution in [0.3, 0.4) is 0 Å². The fourth-order valence-corrected chi connectivity index (χ4v) is 6.04. The van der Waals surface area contributed by atoms with Crippen LogP contribution < -0.4 is 0 Å². The standard InChI is InChI=1S/C12H8Cl6/c13-8-4-2-1-3(2)6-7(12(6,17)18)5(4)9(14)11(16)10(8)15/h2-3,6-8,10H,1H2. The Morgan fingerprint density at radius 2 is 1.72 bits per heavy atom. The van der Waals surface area contributed by atoms with Crippen LogP contribution in [0, 0.1) is 23.7 Å². The molecule has 2 fully saturated rings. The quantitative estimate of drug-likeness (QED) is 0.513. The van der Waals surface area contributed by atoms with Crippen molar-refractivity contribution in [3.05, 3.63) is 21.2 Å². The second-order valence-electron chi connectivity index (χ2n) is 5.52. The summed E-state index contributed by atoms with van der Waals surface area (Å²) < 4.78 is -0.705. The average Bonchev–Trinajstić information content (AvgIpc) is 3.18. The molecule has 0 aromatic heterocycles. The zero-order valence-corrected chi connectivity index (χ0v) is 13.5. The van der Waals surface area contributed by atoms with Gasteiger partial charge in [-0.15, -0.1) is 46.4 Å². The first-order chi connectivity index (χ1) is 8.37. The molecule has 98 valence electrons. The van der Waals surface area contributed by atoms with E-state index >= 15 is 0 Å². The molecule has 6 atom stereocenters. The van der Waals surface area contributed by atoms with Crippen LogP contribution in [0.1, 0.15) is 6.42 Å². The van der Waals surface area contributed by atoms with Crippen LogP contribution in [0.25, 0.3) is 0 Å². The minimum Gasteiger partial charge on any atom is -0.116 e. The molecule has 18 heavy (non-hydrogen) atoms. The van der Waals surface area contributed by atoms with Crippen LogP contribution in [-0.4, -0.2) is 15.1 Å². The number of allylic oxidation sites excluding steroid dienone is 4. The van der Waals surface area contributed by atoms with Crippen molar-refractivity contribution in [2.24, 2.45) is 23.7 Å². The van der Waals surface area contributed by atoms with Crippen molar-refractivity contribution < 1.29 is 0 Å². The molecule has 2 saturated carbocycles. The highest BCUT2D eigenvalue weighted by Crippen LogP contribution is 2.78. The van der Waals surface area contributed by atoms with Gasteiger partial charge in [0.25, 0.3) is 0 Å². The predicted octanol–water partition coefficient (Wildman–Crippen LogP) is 5.27. The number of hydrogen-bond donors (Lipinski definition) is 0. The van der Waals surface area contributed by atoms with E-state index < -0.39 is 9.71 Å². The molecule has 0 bridgehead atoms. The highest BCUT2D eigenvalue weighted by atomic mass is 35.5. The highest BCUT2D eigenvalue weighted by molar-refractivity contribution is 6.52. The molecule has 4 aliphatic rings. The number of fused-ring (bicyclic) bond motifs is 5. The van der Waals surface area contributed by atoms with E-state index in [0.29, 0.717) is 27.8 Å². The molecule has 0 saturated heterocycles. The molecule has 0 amide bonds. The Labute approximate surface area is 135 Å². The molecule has 4 rings (SSSR count). The van der Waals surface area contributed by atoms with Crippen molar-refractivity contribution in [2.45, 2.75) is 21.5 Å². The van der Waals surface area contributed by atoms with Gasteiger partial charge in [-0.05, 0) is 29.4 Å². The first-order valence-corrected chi connectivity index (χ1v) is 8.21. The third kappa shape index (κ3) is 1.38. The summed E-state index contributed by atoms with van der Waals surface area (Å²) in [6.07, 6.45) is 1.09. The fourth-order valence-electron chi connectivity index (χ4n) is 3.76. The van der Waals surface area contributed by atoms with Crippen LogP contribution in [0.5, 0.6) is 0 Å². The van der Waals surface area contributed by atoms with Gasteiger partial charge in [0, 0.05) is 11.8 Å². The van der Waals surface area contributed by atoms with E-state index in [2.05, 4.69) is 0 Å². The van der Waals surface area contributed by atoms with Gasteiger partial charge >= 0.3 is 0 Å². The summed E-state index contributed by atoms with van der Waals surface area (Å²) in [7, 11) is 0. The number of halogens is 6. The second-order valence-corrected chi connectivity index (χ2v) is 8.69. The third-order valence-electron chi connectivity index (χ3n) is 4.67. The van der Waals surface area contributed by atoms with Gasteiger partial charge in [0.05, 0.1) is 20.8 Å². The van der Waals surface area contributed by atoms with E-state index in [9.17, 15) is 0 Å². The molecule has 0 aliphatic heterocycles. The number of rotatable bonds is 0. The van der Waals surface area contributed by atoms with Gasteiger partial charge in [-0.25, -0.2) is 0 Å². The van der Waals surface area contributed by atoms with E-state index in [1.807, 2.05) is 0 Å². The Hall–Kier alpha value is 1.22. The smallest absolute Gasteiger partial charge is 0.116 e. The maximum atomic E-state index is 6.45. The Morgan fingerprint density at radius 3 is 2.39 bits per heavy atom. The second kappa shape index (κ2) is 3.70. The molecule has 4 aliphatic carbocycles. The number of hydrogen-bond acceptors (Lipinski definition) is 0. The molecule has 0 aromatic rings. The van der Waals surface area contributed by atoms with E-state index in [4.69, 9.17) is 69.6 Å². The molecule has 0 spiro atoms. The van der Waals surface area contributed by atoms with Crippen LogP contribution in [0.4, 0.5) is 0 Å². The summed E-state index contributed by atoms with van der Waals surface area (Å²) in [6, 6.07) is 0. The summed E-state index contributed by atoms with van der Waals surface area (Å²) in [6.45, 7) is 0. The van der Waals surface area contributed by atoms with Gasteiger partial charge in [-0.3, -0.25) is 0 Å². The molecule has 6 unspecified atom stereocenters. The van der Waals surface area contributed by atoms with E-state index in [0.717, 1.165) is 17.6 Å². The molecule has 0 radical (unpaired) electrons. The fraction of sp³-hybridized carbons (Fsp3) is 0.667. The summed E-state index contributed by atoms with van der Waals surface area (Å²) in [5.41, 5.74) is 2.12. The van der Waals surface area contributed by atoms with Crippen molar-refractivity contribution in [3.8, 4) is 0 Å². The normalized spacial score (nSPS) is 51.7. The predicted molar refractivity (Wildman–Crippen MR) is 78.1 cm³/mol. The summed E-state index contributed by atoms with van der Waals surface area (Å²) in [5.74, 6) is 1.38. The van der Waals surface area contributed by atoms with E-state index in [1.54, 1.807) is 0 Å². The lowest BCUT2D eigenvalue weighted by Crippen LogP contribution is -2.28. The first kappa shape index (κ1) is 12.9. The van der Waals surface area contributed by atoms with Crippen LogP contribution in [0.15, 0.2) is 21.2 Å². The molecule has 0 heterocycles. The van der Waals surface area contributed by atoms with Crippen LogP contribution in [-0.2, 0) is 0 Å². The SMILES string of the molecule is ClC1=C(Cl)C(Cl)C(Cl)C2=C1C1C(C3CC23)C1(Cl)Cl. The van der Waals surface area contributed by atoms with Crippen molar-refractivity contribution >= 4 is 69.6 Å². The molecule has 0 aromatic carbocycles. The topological polar surface area (TPSA) is 0 Å². The molecular formula is C12H8Cl6. The Balaban J connectivity index is 1.91. The van der Waals surface area contributed by atoms with Crippen molar-refractivity contribution in [1.82, 2.24) is 0 Å². The average molecular weight is 365 g/mol. The molecule has 0 nitrogen and oxygen atoms in total.